The molecule has 0 saturated carbocycles. The number of nitrogens with one attached hydrogen (secondary N) is 1. The van der Waals surface area contributed by atoms with Gasteiger partial charge in [-0.05, 0) is 18.2 Å². The number of carboxylic acids is 1. The van der Waals surface area contributed by atoms with Gasteiger partial charge < -0.3 is 10.4 Å². The first-order valence-corrected chi connectivity index (χ1v) is 4.30. The molecule has 0 fully saturated rings. The zero-order valence-corrected chi connectivity index (χ0v) is 8.01. The molecule has 0 bridgehead atoms. The van der Waals surface area contributed by atoms with Crippen molar-refractivity contribution in [2.75, 3.05) is 5.32 Å². The molecule has 0 aromatic heterocycles. The van der Waals surface area contributed by atoms with Gasteiger partial charge in [-0.3, -0.25) is 0 Å². The number of aliphatic carboxylic acids is 1. The van der Waals surface area contributed by atoms with Gasteiger partial charge in [0.1, 0.15) is 0 Å². The summed E-state index contributed by atoms with van der Waals surface area (Å²) >= 11 is 11.1. The highest BCUT2D eigenvalue weighted by Crippen LogP contribution is 2.16. The lowest BCUT2D eigenvalue weighted by molar-refractivity contribution is -0.136. The smallest absolute Gasteiger partial charge is 0.341 e. The third kappa shape index (κ3) is 3.13. The van der Waals surface area contributed by atoms with Crippen LogP contribution in [-0.4, -0.2) is 16.6 Å². The first-order valence-electron chi connectivity index (χ1n) is 3.48. The number of halogens is 2. The fourth-order valence-corrected chi connectivity index (χ4v) is 1.10. The zero-order valence-electron chi connectivity index (χ0n) is 6.50. The second kappa shape index (κ2) is 4.35. The van der Waals surface area contributed by atoms with Gasteiger partial charge >= 0.3 is 5.97 Å². The van der Waals surface area contributed by atoms with Crippen molar-refractivity contribution < 1.29 is 9.90 Å². The van der Waals surface area contributed by atoms with Crippen LogP contribution in [0.3, 0.4) is 0 Å². The molecule has 1 aromatic carbocycles. The van der Waals surface area contributed by atoms with Crippen LogP contribution in [-0.2, 0) is 4.79 Å². The molecule has 3 nitrogen and oxygen atoms in total. The number of anilines is 1. The number of hydrogen-bond donors (Lipinski definition) is 2. The fraction of sp³-hybridized carbons (Fsp3) is 0.125. The van der Waals surface area contributed by atoms with Crippen LogP contribution in [0.15, 0.2) is 24.3 Å². The zero-order chi connectivity index (χ0) is 9.84. The summed E-state index contributed by atoms with van der Waals surface area (Å²) in [5, 5.41) is 11.6. The Kier molecular flexibility index (Phi) is 3.39. The normalized spacial score (nSPS) is 12.2. The predicted octanol–water partition coefficient (Wildman–Crippen LogP) is 2.40. The van der Waals surface area contributed by atoms with E-state index in [1.807, 2.05) is 0 Å². The Bertz CT molecular complexity index is 317. The Morgan fingerprint density at radius 1 is 1.54 bits per heavy atom. The third-order valence-corrected chi connectivity index (χ3v) is 1.87. The number of carboxylic acid groups (broad SMARTS) is 1. The van der Waals surface area contributed by atoms with Crippen LogP contribution in [0.25, 0.3) is 0 Å². The molecule has 1 aromatic rings. The van der Waals surface area contributed by atoms with Gasteiger partial charge in [-0.1, -0.05) is 29.3 Å². The van der Waals surface area contributed by atoms with Crippen molar-refractivity contribution in [2.24, 2.45) is 0 Å². The lowest BCUT2D eigenvalue weighted by Gasteiger charge is -2.08. The monoisotopic (exact) mass is 219 g/mol. The summed E-state index contributed by atoms with van der Waals surface area (Å²) < 4.78 is 0. The van der Waals surface area contributed by atoms with Gasteiger partial charge in [-0.15, -0.1) is 0 Å². The Labute approximate surface area is 85.3 Å². The maximum absolute atomic E-state index is 10.4. The molecule has 0 aliphatic heterocycles. The summed E-state index contributed by atoms with van der Waals surface area (Å²) in [7, 11) is 0. The molecular weight excluding hydrogens is 213 g/mol. The SMILES string of the molecule is O=C(O)C(Cl)Nc1cccc(Cl)c1. The van der Waals surface area contributed by atoms with Gasteiger partial charge in [0.25, 0.3) is 0 Å². The number of alkyl halides is 1. The Hall–Kier alpha value is -0.930. The average Bonchev–Trinajstić information content (AvgIpc) is 2.04. The number of carbonyl (C=O) groups is 1. The van der Waals surface area contributed by atoms with Crippen LogP contribution in [0, 0.1) is 0 Å². The Morgan fingerprint density at radius 3 is 2.77 bits per heavy atom. The molecular formula is C8H7Cl2NO2. The molecule has 1 atom stereocenters. The highest BCUT2D eigenvalue weighted by Gasteiger charge is 2.12. The quantitative estimate of drug-likeness (QED) is 0.607. The van der Waals surface area contributed by atoms with Crippen LogP contribution >= 0.6 is 23.2 Å². The summed E-state index contributed by atoms with van der Waals surface area (Å²) in [5.41, 5.74) is -0.562. The van der Waals surface area contributed by atoms with E-state index in [2.05, 4.69) is 5.32 Å². The minimum atomic E-state index is -1.14. The van der Waals surface area contributed by atoms with E-state index in [0.29, 0.717) is 10.7 Å². The molecule has 1 unspecified atom stereocenters. The van der Waals surface area contributed by atoms with Crippen molar-refractivity contribution in [3.8, 4) is 0 Å². The summed E-state index contributed by atoms with van der Waals surface area (Å²) in [6.07, 6.45) is 0. The molecule has 13 heavy (non-hydrogen) atoms. The van der Waals surface area contributed by atoms with Gasteiger partial charge in [0.05, 0.1) is 0 Å². The minimum Gasteiger partial charge on any atom is -0.479 e. The fourth-order valence-electron chi connectivity index (χ4n) is 0.786. The van der Waals surface area contributed by atoms with Crippen molar-refractivity contribution in [1.29, 1.82) is 0 Å². The largest absolute Gasteiger partial charge is 0.479 e. The van der Waals surface area contributed by atoms with Crippen LogP contribution in [0.4, 0.5) is 5.69 Å². The van der Waals surface area contributed by atoms with Crippen molar-refractivity contribution in [3.63, 3.8) is 0 Å². The van der Waals surface area contributed by atoms with Crippen molar-refractivity contribution in [3.05, 3.63) is 29.3 Å². The summed E-state index contributed by atoms with van der Waals surface area (Å²) in [6, 6.07) is 6.68. The Balaban J connectivity index is 2.69. The second-order valence-electron chi connectivity index (χ2n) is 2.36. The van der Waals surface area contributed by atoms with Gasteiger partial charge in [0.2, 0.25) is 0 Å². The van der Waals surface area contributed by atoms with Gasteiger partial charge in [-0.25, -0.2) is 4.79 Å². The molecule has 0 amide bonds. The summed E-state index contributed by atoms with van der Waals surface area (Å²) in [6.45, 7) is 0. The van der Waals surface area contributed by atoms with Crippen LogP contribution in [0.1, 0.15) is 0 Å². The maximum atomic E-state index is 10.4. The molecule has 70 valence electrons. The average molecular weight is 220 g/mol. The molecule has 0 heterocycles. The topological polar surface area (TPSA) is 49.3 Å². The van der Waals surface area contributed by atoms with Gasteiger partial charge in [0.15, 0.2) is 5.50 Å². The molecule has 1 rings (SSSR count). The lowest BCUT2D eigenvalue weighted by Crippen LogP contribution is -2.22. The van der Waals surface area contributed by atoms with Crippen molar-refractivity contribution >= 4 is 34.9 Å². The van der Waals surface area contributed by atoms with E-state index in [0.717, 1.165) is 0 Å². The molecule has 0 saturated heterocycles. The first-order chi connectivity index (χ1) is 6.09. The Morgan fingerprint density at radius 2 is 2.23 bits per heavy atom. The first kappa shape index (κ1) is 10.2. The van der Waals surface area contributed by atoms with E-state index in [-0.39, 0.29) is 0 Å². The van der Waals surface area contributed by atoms with E-state index < -0.39 is 11.5 Å². The van der Waals surface area contributed by atoms with E-state index in [1.54, 1.807) is 24.3 Å². The van der Waals surface area contributed by atoms with Crippen LogP contribution in [0.2, 0.25) is 5.02 Å². The molecule has 2 N–H and O–H groups in total. The highest BCUT2D eigenvalue weighted by molar-refractivity contribution is 6.31. The number of rotatable bonds is 3. The van der Waals surface area contributed by atoms with Gasteiger partial charge in [0, 0.05) is 10.7 Å². The van der Waals surface area contributed by atoms with E-state index in [4.69, 9.17) is 28.3 Å². The van der Waals surface area contributed by atoms with Crippen LogP contribution < -0.4 is 5.32 Å². The molecule has 0 spiro atoms. The molecule has 0 aliphatic rings. The van der Waals surface area contributed by atoms with Crippen molar-refractivity contribution in [2.45, 2.75) is 5.50 Å². The second-order valence-corrected chi connectivity index (χ2v) is 3.23. The van der Waals surface area contributed by atoms with E-state index >= 15 is 0 Å². The van der Waals surface area contributed by atoms with Crippen LogP contribution in [0.5, 0.6) is 0 Å². The van der Waals surface area contributed by atoms with E-state index in [9.17, 15) is 4.79 Å². The minimum absolute atomic E-state index is 0.527. The predicted molar refractivity (Wildman–Crippen MR) is 52.4 cm³/mol. The summed E-state index contributed by atoms with van der Waals surface area (Å²) in [4.78, 5) is 10.4. The number of hydrogen-bond acceptors (Lipinski definition) is 2. The van der Waals surface area contributed by atoms with Crippen molar-refractivity contribution in [1.82, 2.24) is 0 Å². The molecule has 0 radical (unpaired) electrons. The lowest BCUT2D eigenvalue weighted by atomic mass is 10.3. The number of benzene rings is 1. The standard InChI is InChI=1S/C8H7Cl2NO2/c9-5-2-1-3-6(4-5)11-7(10)8(12)13/h1-4,7,11H,(H,12,13). The molecule has 5 heteroatoms. The highest BCUT2D eigenvalue weighted by atomic mass is 35.5. The van der Waals surface area contributed by atoms with Gasteiger partial charge in [-0.2, -0.15) is 0 Å². The maximum Gasteiger partial charge on any atom is 0.341 e. The third-order valence-electron chi connectivity index (χ3n) is 1.33. The van der Waals surface area contributed by atoms with E-state index in [1.165, 1.54) is 0 Å². The summed E-state index contributed by atoms with van der Waals surface area (Å²) in [5.74, 6) is -1.12. The molecule has 0 aliphatic carbocycles.